The Hall–Kier alpha value is -2.96. The molecule has 0 amide bonds. The molecule has 0 aliphatic rings. The van der Waals surface area contributed by atoms with Gasteiger partial charge in [-0.25, -0.2) is 8.42 Å². The molecule has 0 spiro atoms. The average molecular weight is 679 g/mol. The standard InChI is InChI=1S/C22H23S.C9H13F5O5S.2CH4/c1-22(2,3)18-14-16-21(17-15-18)23(19-10-6-4-7-11-19)20-12-8-5-9-13-20;1-4-7(2,3)6(15)19-5(8(10,11)12)9(13,14)20(16,17)18;;/h4-17H,1-3H3;5H,4H2,1-3H3,(H,16,17,18);2*1H4/q+1;;;/p-1. The van der Waals surface area contributed by atoms with Crippen molar-refractivity contribution in [3.8, 4) is 0 Å². The molecule has 3 aromatic rings. The Labute approximate surface area is 267 Å². The van der Waals surface area contributed by atoms with Crippen LogP contribution in [0.4, 0.5) is 22.0 Å². The molecule has 0 aliphatic carbocycles. The van der Waals surface area contributed by atoms with Crippen LogP contribution in [0.15, 0.2) is 99.6 Å². The summed E-state index contributed by atoms with van der Waals surface area (Å²) < 4.78 is 97.7. The second-order valence-corrected chi connectivity index (χ2v) is 14.8. The summed E-state index contributed by atoms with van der Waals surface area (Å²) in [6.45, 7) is 10.4. The third kappa shape index (κ3) is 11.1. The van der Waals surface area contributed by atoms with Crippen molar-refractivity contribution in [3.63, 3.8) is 0 Å². The van der Waals surface area contributed by atoms with Gasteiger partial charge in [0.25, 0.3) is 6.10 Å². The Kier molecular flexibility index (Phi) is 15.0. The van der Waals surface area contributed by atoms with Crippen LogP contribution in [-0.4, -0.2) is 36.5 Å². The van der Waals surface area contributed by atoms with Crippen molar-refractivity contribution in [2.45, 2.75) is 100 Å². The number of benzene rings is 3. The minimum Gasteiger partial charge on any atom is -0.743 e. The van der Waals surface area contributed by atoms with Gasteiger partial charge in [-0.3, -0.25) is 4.79 Å². The van der Waals surface area contributed by atoms with Gasteiger partial charge < -0.3 is 9.29 Å². The first-order valence-corrected chi connectivity index (χ1v) is 15.8. The van der Waals surface area contributed by atoms with E-state index >= 15 is 0 Å². The van der Waals surface area contributed by atoms with E-state index in [9.17, 15) is 39.7 Å². The lowest BCUT2D eigenvalue weighted by atomic mass is 9.87. The fourth-order valence-corrected chi connectivity index (χ4v) is 6.01. The molecule has 12 heteroatoms. The quantitative estimate of drug-likeness (QED) is 0.103. The minimum absolute atomic E-state index is 0. The molecular weight excluding hydrogens is 635 g/mol. The molecule has 0 heterocycles. The summed E-state index contributed by atoms with van der Waals surface area (Å²) in [5.41, 5.74) is 0.0222. The summed E-state index contributed by atoms with van der Waals surface area (Å²) in [6, 6.07) is 30.7. The molecule has 45 heavy (non-hydrogen) atoms. The lowest BCUT2D eigenvalue weighted by Crippen LogP contribution is -2.53. The number of carbonyl (C=O) groups excluding carboxylic acids is 1. The van der Waals surface area contributed by atoms with Crippen LogP contribution in [0, 0.1) is 5.41 Å². The van der Waals surface area contributed by atoms with Crippen molar-refractivity contribution < 1.29 is 44.5 Å². The maximum atomic E-state index is 13.0. The highest BCUT2D eigenvalue weighted by Gasteiger charge is 2.63. The molecule has 252 valence electrons. The smallest absolute Gasteiger partial charge is 0.432 e. The van der Waals surface area contributed by atoms with Crippen LogP contribution in [0.2, 0.25) is 0 Å². The van der Waals surface area contributed by atoms with Crippen molar-refractivity contribution in [2.24, 2.45) is 5.41 Å². The number of hydrogen-bond acceptors (Lipinski definition) is 5. The molecule has 1 atom stereocenters. The Bertz CT molecular complexity index is 1400. The van der Waals surface area contributed by atoms with E-state index in [4.69, 9.17) is 0 Å². The zero-order valence-corrected chi connectivity index (χ0v) is 26.2. The second kappa shape index (κ2) is 16.0. The molecule has 0 saturated carbocycles. The highest BCUT2D eigenvalue weighted by molar-refractivity contribution is 7.97. The van der Waals surface area contributed by atoms with Gasteiger partial charge in [0.05, 0.1) is 16.3 Å². The van der Waals surface area contributed by atoms with Gasteiger partial charge in [0, 0.05) is 0 Å². The first kappa shape index (κ1) is 42.0. The number of ether oxygens (including phenoxy) is 1. The van der Waals surface area contributed by atoms with Crippen molar-refractivity contribution >= 4 is 27.0 Å². The van der Waals surface area contributed by atoms with Crippen LogP contribution in [0.3, 0.4) is 0 Å². The molecular formula is C33H43F5O5S2. The summed E-state index contributed by atoms with van der Waals surface area (Å²) in [7, 11) is -6.71. The van der Waals surface area contributed by atoms with Gasteiger partial charge in [-0.05, 0) is 67.6 Å². The molecule has 0 bridgehead atoms. The van der Waals surface area contributed by atoms with Gasteiger partial charge in [-0.2, -0.15) is 22.0 Å². The van der Waals surface area contributed by atoms with Crippen molar-refractivity contribution in [3.05, 3.63) is 90.5 Å². The lowest BCUT2D eigenvalue weighted by molar-refractivity contribution is -0.262. The monoisotopic (exact) mass is 678 g/mol. The third-order valence-electron chi connectivity index (χ3n) is 6.51. The van der Waals surface area contributed by atoms with Crippen molar-refractivity contribution in [2.75, 3.05) is 0 Å². The molecule has 0 saturated heterocycles. The van der Waals surface area contributed by atoms with Gasteiger partial charge >= 0.3 is 17.4 Å². The van der Waals surface area contributed by atoms with Gasteiger partial charge in [0.15, 0.2) is 24.8 Å². The maximum absolute atomic E-state index is 13.0. The Morgan fingerprint density at radius 2 is 1.13 bits per heavy atom. The van der Waals surface area contributed by atoms with Crippen LogP contribution in [0.5, 0.6) is 0 Å². The Morgan fingerprint density at radius 3 is 1.44 bits per heavy atom. The highest BCUT2D eigenvalue weighted by Crippen LogP contribution is 2.39. The van der Waals surface area contributed by atoms with Gasteiger partial charge in [-0.1, -0.05) is 91.1 Å². The lowest BCUT2D eigenvalue weighted by Gasteiger charge is -2.32. The fraction of sp³-hybridized carbons (Fsp3) is 0.424. The summed E-state index contributed by atoms with van der Waals surface area (Å²) in [5, 5.41) is -5.81. The minimum atomic E-state index is -6.66. The SMILES string of the molecule is C.C.CC(C)(C)c1ccc([S+](c2ccccc2)c2ccccc2)cc1.CCC(C)(C)C(=O)OC(C(F)(F)F)C(F)(F)S(=O)(=O)[O-]. The molecule has 0 radical (unpaired) electrons. The zero-order valence-electron chi connectivity index (χ0n) is 24.6. The highest BCUT2D eigenvalue weighted by atomic mass is 32.2. The van der Waals surface area contributed by atoms with E-state index in [-0.39, 0.29) is 37.6 Å². The predicted molar refractivity (Wildman–Crippen MR) is 168 cm³/mol. The van der Waals surface area contributed by atoms with Crippen LogP contribution in [0.1, 0.15) is 68.4 Å². The summed E-state index contributed by atoms with van der Waals surface area (Å²) in [4.78, 5) is 15.5. The van der Waals surface area contributed by atoms with Crippen LogP contribution in [-0.2, 0) is 36.0 Å². The van der Waals surface area contributed by atoms with Crippen LogP contribution >= 0.6 is 0 Å². The zero-order chi connectivity index (χ0) is 32.9. The summed E-state index contributed by atoms with van der Waals surface area (Å²) in [5.74, 6) is -1.69. The van der Waals surface area contributed by atoms with Gasteiger partial charge in [-0.15, -0.1) is 0 Å². The molecule has 0 aromatic heterocycles. The molecule has 3 rings (SSSR count). The number of halogens is 5. The fourth-order valence-electron chi connectivity index (χ4n) is 3.48. The molecule has 3 aromatic carbocycles. The largest absolute Gasteiger partial charge is 0.743 e. The predicted octanol–water partition coefficient (Wildman–Crippen LogP) is 9.39. The number of hydrogen-bond donors (Lipinski definition) is 0. The van der Waals surface area contributed by atoms with Crippen molar-refractivity contribution in [1.82, 2.24) is 0 Å². The molecule has 5 nitrogen and oxygen atoms in total. The van der Waals surface area contributed by atoms with Crippen molar-refractivity contribution in [1.29, 1.82) is 0 Å². The van der Waals surface area contributed by atoms with E-state index in [1.165, 1.54) is 27.2 Å². The molecule has 1 unspecified atom stereocenters. The van der Waals surface area contributed by atoms with E-state index in [0.717, 1.165) is 13.8 Å². The summed E-state index contributed by atoms with van der Waals surface area (Å²) >= 11 is 0. The average Bonchev–Trinajstić information content (AvgIpc) is 2.91. The molecule has 0 aliphatic heterocycles. The number of carbonyl (C=O) groups is 1. The van der Waals surface area contributed by atoms with Gasteiger partial charge in [0.2, 0.25) is 0 Å². The number of alkyl halides is 5. The Morgan fingerprint density at radius 1 is 0.756 bits per heavy atom. The normalized spacial score (nSPS) is 13.0. The first-order chi connectivity index (χ1) is 19.6. The maximum Gasteiger partial charge on any atom is 0.432 e. The summed E-state index contributed by atoms with van der Waals surface area (Å²) in [6.07, 6.45) is -10.3. The number of esters is 1. The van der Waals surface area contributed by atoms with E-state index in [1.54, 1.807) is 0 Å². The Balaban J connectivity index is 0.000000834. The van der Waals surface area contributed by atoms with E-state index in [0.29, 0.717) is 0 Å². The van der Waals surface area contributed by atoms with E-state index in [1.807, 2.05) is 0 Å². The van der Waals surface area contributed by atoms with E-state index < -0.39 is 39.0 Å². The van der Waals surface area contributed by atoms with E-state index in [2.05, 4.69) is 110 Å². The number of rotatable bonds is 8. The third-order valence-corrected chi connectivity index (χ3v) is 9.62. The van der Waals surface area contributed by atoms with Gasteiger partial charge in [0.1, 0.15) is 0 Å². The van der Waals surface area contributed by atoms with Crippen LogP contribution in [0.25, 0.3) is 0 Å². The molecule has 0 fully saturated rings. The molecule has 0 N–H and O–H groups in total. The second-order valence-electron chi connectivity index (χ2n) is 11.3. The first-order valence-electron chi connectivity index (χ1n) is 13.2. The van der Waals surface area contributed by atoms with Crippen LogP contribution < -0.4 is 0 Å². The topological polar surface area (TPSA) is 83.5 Å².